The Bertz CT molecular complexity index is 950. The summed E-state index contributed by atoms with van der Waals surface area (Å²) in [5.41, 5.74) is 3.31. The highest BCUT2D eigenvalue weighted by Gasteiger charge is 2.29. The molecule has 0 saturated carbocycles. The molecular weight excluding hydrogens is 332 g/mol. The Morgan fingerprint density at radius 2 is 2.12 bits per heavy atom. The minimum absolute atomic E-state index is 0.0111. The maximum atomic E-state index is 13.0. The minimum atomic E-state index is -0.0304. The molecule has 0 fully saturated rings. The molecule has 3 aromatic rings. The Kier molecular flexibility index (Phi) is 4.34. The summed E-state index contributed by atoms with van der Waals surface area (Å²) in [6.45, 7) is 0.533. The van der Waals surface area contributed by atoms with Crippen LogP contribution >= 0.6 is 0 Å². The largest absolute Gasteiger partial charge is 0.497 e. The molecule has 26 heavy (non-hydrogen) atoms. The summed E-state index contributed by atoms with van der Waals surface area (Å²) in [5, 5.41) is 4.89. The first kappa shape index (κ1) is 16.6. The van der Waals surface area contributed by atoms with Crippen molar-refractivity contribution in [1.29, 1.82) is 0 Å². The fourth-order valence-corrected chi connectivity index (χ4v) is 3.41. The van der Waals surface area contributed by atoms with E-state index in [9.17, 15) is 4.79 Å². The third kappa shape index (κ3) is 2.93. The van der Waals surface area contributed by atoms with Gasteiger partial charge in [-0.25, -0.2) is 0 Å². The number of rotatable bonds is 4. The molecule has 0 unspecified atom stereocenters. The van der Waals surface area contributed by atoms with Gasteiger partial charge in [0.25, 0.3) is 0 Å². The molecule has 1 aliphatic rings. The second-order valence-corrected chi connectivity index (χ2v) is 6.36. The van der Waals surface area contributed by atoms with Gasteiger partial charge in [-0.05, 0) is 29.8 Å². The number of aromatic nitrogens is 1. The van der Waals surface area contributed by atoms with Gasteiger partial charge in [-0.1, -0.05) is 23.4 Å². The summed E-state index contributed by atoms with van der Waals surface area (Å²) >= 11 is 0. The molecule has 6 nitrogen and oxygen atoms in total. The third-order valence-corrected chi connectivity index (χ3v) is 4.82. The Hall–Kier alpha value is -2.86. The molecule has 1 amide bonds. The number of anilines is 1. The van der Waals surface area contributed by atoms with Gasteiger partial charge in [-0.15, -0.1) is 0 Å². The molecular formula is C20H20N2O4. The fraction of sp³-hybridized carbons (Fsp3) is 0.300. The van der Waals surface area contributed by atoms with Crippen molar-refractivity contribution in [1.82, 2.24) is 5.16 Å². The van der Waals surface area contributed by atoms with Crippen molar-refractivity contribution in [3.05, 3.63) is 53.7 Å². The monoisotopic (exact) mass is 352 g/mol. The molecule has 6 heteroatoms. The minimum Gasteiger partial charge on any atom is -0.497 e. The summed E-state index contributed by atoms with van der Waals surface area (Å²) in [6.07, 6.45) is 0.953. The van der Waals surface area contributed by atoms with Crippen LogP contribution in [0.4, 0.5) is 5.69 Å². The number of benzene rings is 2. The second-order valence-electron chi connectivity index (χ2n) is 6.36. The van der Waals surface area contributed by atoms with Crippen molar-refractivity contribution in [2.75, 3.05) is 25.7 Å². The lowest BCUT2D eigenvalue weighted by Gasteiger charge is -2.33. The fourth-order valence-electron chi connectivity index (χ4n) is 3.41. The third-order valence-electron chi connectivity index (χ3n) is 4.82. The predicted octanol–water partition coefficient (Wildman–Crippen LogP) is 2.98. The van der Waals surface area contributed by atoms with Crippen LogP contribution in [0.2, 0.25) is 0 Å². The van der Waals surface area contributed by atoms with E-state index in [1.165, 1.54) is 0 Å². The maximum Gasteiger partial charge on any atom is 0.233 e. The zero-order chi connectivity index (χ0) is 18.1. The van der Waals surface area contributed by atoms with E-state index in [2.05, 4.69) is 5.16 Å². The number of para-hydroxylation sites is 1. The Morgan fingerprint density at radius 1 is 1.27 bits per heavy atom. The summed E-state index contributed by atoms with van der Waals surface area (Å²) in [4.78, 5) is 14.8. The molecule has 1 aliphatic heterocycles. The lowest BCUT2D eigenvalue weighted by molar-refractivity contribution is -0.118. The summed E-state index contributed by atoms with van der Waals surface area (Å²) in [5.74, 6) is 0.675. The topological polar surface area (TPSA) is 64.8 Å². The van der Waals surface area contributed by atoms with Gasteiger partial charge in [0.05, 0.1) is 26.2 Å². The van der Waals surface area contributed by atoms with E-state index in [-0.39, 0.29) is 18.4 Å². The van der Waals surface area contributed by atoms with E-state index in [0.29, 0.717) is 23.6 Å². The van der Waals surface area contributed by atoms with Gasteiger partial charge >= 0.3 is 0 Å². The molecule has 0 spiro atoms. The summed E-state index contributed by atoms with van der Waals surface area (Å²) < 4.78 is 16.1. The molecule has 2 heterocycles. The normalized spacial score (nSPS) is 16.5. The van der Waals surface area contributed by atoms with E-state index in [1.807, 2.05) is 36.4 Å². The van der Waals surface area contributed by atoms with E-state index < -0.39 is 0 Å². The van der Waals surface area contributed by atoms with Crippen LogP contribution in [-0.2, 0) is 22.4 Å². The molecule has 0 radical (unpaired) electrons. The second kappa shape index (κ2) is 6.80. The van der Waals surface area contributed by atoms with Crippen LogP contribution in [0.5, 0.6) is 5.75 Å². The average molecular weight is 352 g/mol. The lowest BCUT2D eigenvalue weighted by atomic mass is 9.99. The summed E-state index contributed by atoms with van der Waals surface area (Å²) in [7, 11) is 3.29. The van der Waals surface area contributed by atoms with Gasteiger partial charge in [0, 0.05) is 24.6 Å². The van der Waals surface area contributed by atoms with Crippen LogP contribution in [0.1, 0.15) is 11.3 Å². The summed E-state index contributed by atoms with van der Waals surface area (Å²) in [6, 6.07) is 13.4. The first-order valence-corrected chi connectivity index (χ1v) is 8.53. The molecule has 1 aromatic heterocycles. The van der Waals surface area contributed by atoms with Gasteiger partial charge in [0.1, 0.15) is 11.4 Å². The van der Waals surface area contributed by atoms with Crippen molar-refractivity contribution in [2.24, 2.45) is 0 Å². The highest BCUT2D eigenvalue weighted by molar-refractivity contribution is 5.98. The van der Waals surface area contributed by atoms with Gasteiger partial charge in [0.15, 0.2) is 5.58 Å². The molecule has 4 rings (SSSR count). The zero-order valence-electron chi connectivity index (χ0n) is 14.8. The number of hydrogen-bond donors (Lipinski definition) is 0. The first-order valence-electron chi connectivity index (χ1n) is 8.53. The van der Waals surface area contributed by atoms with Crippen LogP contribution in [0.15, 0.2) is 47.0 Å². The van der Waals surface area contributed by atoms with Crippen molar-refractivity contribution in [2.45, 2.75) is 18.9 Å². The Labute approximate surface area is 151 Å². The van der Waals surface area contributed by atoms with Gasteiger partial charge < -0.3 is 18.9 Å². The Morgan fingerprint density at radius 3 is 2.92 bits per heavy atom. The number of nitrogens with zero attached hydrogens (tertiary/aromatic N) is 2. The van der Waals surface area contributed by atoms with E-state index in [0.717, 1.165) is 23.1 Å². The molecule has 0 N–H and O–H groups in total. The van der Waals surface area contributed by atoms with Crippen molar-refractivity contribution in [3.8, 4) is 5.75 Å². The predicted molar refractivity (Wildman–Crippen MR) is 97.6 cm³/mol. The highest BCUT2D eigenvalue weighted by atomic mass is 16.5. The highest BCUT2D eigenvalue weighted by Crippen LogP contribution is 2.30. The molecule has 2 aromatic carbocycles. The molecule has 1 atom stereocenters. The quantitative estimate of drug-likeness (QED) is 0.722. The number of fused-ring (bicyclic) bond motifs is 2. The van der Waals surface area contributed by atoms with Gasteiger partial charge in [-0.3, -0.25) is 4.79 Å². The first-order chi connectivity index (χ1) is 12.7. The maximum absolute atomic E-state index is 13.0. The van der Waals surface area contributed by atoms with Crippen LogP contribution < -0.4 is 9.64 Å². The number of carbonyl (C=O) groups excluding carboxylic acids is 1. The van der Waals surface area contributed by atoms with Gasteiger partial charge in [0.2, 0.25) is 5.91 Å². The molecule has 134 valence electrons. The van der Waals surface area contributed by atoms with Crippen molar-refractivity contribution in [3.63, 3.8) is 0 Å². The van der Waals surface area contributed by atoms with E-state index in [1.54, 1.807) is 25.2 Å². The van der Waals surface area contributed by atoms with Gasteiger partial charge in [-0.2, -0.15) is 0 Å². The van der Waals surface area contributed by atoms with Crippen LogP contribution in [0, 0.1) is 0 Å². The van der Waals surface area contributed by atoms with Crippen LogP contribution in [0.25, 0.3) is 11.0 Å². The number of hydrogen-bond acceptors (Lipinski definition) is 5. The number of ether oxygens (including phenoxy) is 2. The standard InChI is InChI=1S/C20H20N2O4/c1-24-14-7-8-19-16(10-14)17(21-26-19)11-20(23)22-12-15(25-2)9-13-5-3-4-6-18(13)22/h3-8,10,15H,9,11-12H2,1-2H3/t15-/m0/s1. The van der Waals surface area contributed by atoms with Crippen molar-refractivity contribution >= 4 is 22.6 Å². The molecule has 0 aliphatic carbocycles. The Balaban J connectivity index is 1.64. The average Bonchev–Trinajstić information content (AvgIpc) is 3.08. The smallest absolute Gasteiger partial charge is 0.233 e. The zero-order valence-corrected chi connectivity index (χ0v) is 14.8. The van der Waals surface area contributed by atoms with Crippen LogP contribution in [0.3, 0.4) is 0 Å². The molecule has 0 bridgehead atoms. The number of amides is 1. The van der Waals surface area contributed by atoms with Crippen molar-refractivity contribution < 1.29 is 18.8 Å². The molecule has 0 saturated heterocycles. The van der Waals surface area contributed by atoms with E-state index >= 15 is 0 Å². The number of methoxy groups -OCH3 is 2. The van der Waals surface area contributed by atoms with E-state index in [4.69, 9.17) is 14.0 Å². The SMILES string of the molecule is COc1ccc2onc(CC(=O)N3C[C@@H](OC)Cc4ccccc43)c2c1. The lowest BCUT2D eigenvalue weighted by Crippen LogP contribution is -2.44. The number of carbonyl (C=O) groups is 1. The van der Waals surface area contributed by atoms with Crippen LogP contribution in [-0.4, -0.2) is 37.9 Å².